The fourth-order valence-corrected chi connectivity index (χ4v) is 4.18. The van der Waals surface area contributed by atoms with Crippen molar-refractivity contribution in [3.05, 3.63) is 118 Å². The van der Waals surface area contributed by atoms with Crippen LogP contribution in [0.1, 0.15) is 63.6 Å². The van der Waals surface area contributed by atoms with Crippen molar-refractivity contribution in [1.82, 2.24) is 0 Å². The maximum atomic E-state index is 9.89. The summed E-state index contributed by atoms with van der Waals surface area (Å²) in [7, 11) is 0. The summed E-state index contributed by atoms with van der Waals surface area (Å²) in [5.74, 6) is 0. The van der Waals surface area contributed by atoms with E-state index in [2.05, 4.69) is 87.0 Å². The average molecular weight is 451 g/mol. The van der Waals surface area contributed by atoms with E-state index < -0.39 is 0 Å². The van der Waals surface area contributed by atoms with Gasteiger partial charge in [-0.15, -0.1) is 0 Å². The van der Waals surface area contributed by atoms with Crippen molar-refractivity contribution < 1.29 is 0 Å². The molecule has 0 aromatic heterocycles. The number of benzene rings is 1. The summed E-state index contributed by atoms with van der Waals surface area (Å²) in [5.41, 5.74) is 10.8. The van der Waals surface area contributed by atoms with Gasteiger partial charge in [0.05, 0.1) is 11.3 Å². The Kier molecular flexibility index (Phi) is 10.4. The molecule has 0 atom stereocenters. The molecular weight excluding hydrogens is 412 g/mol. The lowest BCUT2D eigenvalue weighted by Gasteiger charge is -2.20. The quantitative estimate of drug-likeness (QED) is 0.285. The highest BCUT2D eigenvalue weighted by Crippen LogP contribution is 2.30. The maximum Gasteiger partial charge on any atom is 0.101 e. The molecule has 1 aliphatic rings. The van der Waals surface area contributed by atoms with Crippen LogP contribution in [0.5, 0.6) is 0 Å². The molecule has 34 heavy (non-hydrogen) atoms. The normalized spacial score (nSPS) is 14.6. The Balaban J connectivity index is 2.44. The van der Waals surface area contributed by atoms with Gasteiger partial charge in [-0.25, -0.2) is 0 Å². The van der Waals surface area contributed by atoms with E-state index in [0.29, 0.717) is 5.57 Å². The summed E-state index contributed by atoms with van der Waals surface area (Å²) in [6.45, 7) is 18.4. The predicted molar refractivity (Wildman–Crippen MR) is 149 cm³/mol. The second-order valence-electron chi connectivity index (χ2n) is 8.51. The van der Waals surface area contributed by atoms with Crippen molar-refractivity contribution in [3.8, 4) is 6.07 Å². The molecule has 2 rings (SSSR count). The Labute approximate surface area is 206 Å². The van der Waals surface area contributed by atoms with Crippen LogP contribution in [0.15, 0.2) is 101 Å². The summed E-state index contributed by atoms with van der Waals surface area (Å²) in [6, 6.07) is 6.63. The minimum absolute atomic E-state index is 0.627. The second kappa shape index (κ2) is 13.2. The molecule has 0 saturated carbocycles. The molecule has 1 aromatic rings. The van der Waals surface area contributed by atoms with Crippen LogP contribution in [0, 0.1) is 18.3 Å². The lowest BCUT2D eigenvalue weighted by atomic mass is 9.95. The molecule has 1 aromatic carbocycles. The van der Waals surface area contributed by atoms with Crippen LogP contribution in [0.25, 0.3) is 6.08 Å². The van der Waals surface area contributed by atoms with E-state index in [1.54, 1.807) is 0 Å². The Morgan fingerprint density at radius 3 is 2.56 bits per heavy atom. The third kappa shape index (κ3) is 6.72. The zero-order chi connectivity index (χ0) is 25.1. The van der Waals surface area contributed by atoms with Gasteiger partial charge < -0.3 is 5.32 Å². The van der Waals surface area contributed by atoms with Crippen molar-refractivity contribution in [1.29, 1.82) is 5.26 Å². The Morgan fingerprint density at radius 1 is 1.21 bits per heavy atom. The molecule has 0 fully saturated rings. The van der Waals surface area contributed by atoms with Gasteiger partial charge >= 0.3 is 0 Å². The number of hydrogen-bond donors (Lipinski definition) is 1. The standard InChI is InChI=1S/C32H38N2/c1-8-13-30-24(7)16-21-31(29(30)11-4)34-32(27(10-3)22-33)26(9-2)19-17-25-14-12-15-28(20-18-25)23(5)6/h8-10,13-16,18,20-21,34H,2,5,11-12,17,19H2,1,3-4,6-7H3/b13-8-,27-10-,32-26-. The minimum atomic E-state index is 0.627. The van der Waals surface area contributed by atoms with Gasteiger partial charge in [-0.3, -0.25) is 0 Å². The van der Waals surface area contributed by atoms with Crippen molar-refractivity contribution in [2.24, 2.45) is 0 Å². The molecule has 0 bridgehead atoms. The molecular formula is C32H38N2. The molecule has 176 valence electrons. The fraction of sp³-hybridized carbons (Fsp3) is 0.281. The number of nitriles is 1. The van der Waals surface area contributed by atoms with Crippen molar-refractivity contribution >= 4 is 11.8 Å². The van der Waals surface area contributed by atoms with E-state index in [-0.39, 0.29) is 0 Å². The molecule has 0 spiro atoms. The summed E-state index contributed by atoms with van der Waals surface area (Å²) in [6.07, 6.45) is 20.3. The van der Waals surface area contributed by atoms with Gasteiger partial charge in [-0.1, -0.05) is 85.9 Å². The largest absolute Gasteiger partial charge is 0.354 e. The topological polar surface area (TPSA) is 35.8 Å². The highest BCUT2D eigenvalue weighted by atomic mass is 14.9. The number of nitrogens with zero attached hydrogens (tertiary/aromatic N) is 1. The highest BCUT2D eigenvalue weighted by molar-refractivity contribution is 5.71. The first-order valence-corrected chi connectivity index (χ1v) is 12.1. The third-order valence-corrected chi connectivity index (χ3v) is 6.14. The number of nitrogens with one attached hydrogen (secondary N) is 1. The van der Waals surface area contributed by atoms with Gasteiger partial charge in [0.1, 0.15) is 6.07 Å². The number of anilines is 1. The molecule has 0 saturated heterocycles. The first kappa shape index (κ1) is 26.7. The van der Waals surface area contributed by atoms with Gasteiger partial charge in [-0.05, 0) is 87.3 Å². The van der Waals surface area contributed by atoms with Crippen LogP contribution < -0.4 is 5.32 Å². The van der Waals surface area contributed by atoms with Gasteiger partial charge in [-0.2, -0.15) is 5.26 Å². The molecule has 0 heterocycles. The molecule has 1 N–H and O–H groups in total. The fourth-order valence-electron chi connectivity index (χ4n) is 4.18. The number of allylic oxidation sites excluding steroid dienone is 12. The second-order valence-corrected chi connectivity index (χ2v) is 8.51. The number of rotatable bonds is 10. The average Bonchev–Trinajstić information content (AvgIpc) is 3.08. The molecule has 1 aliphatic carbocycles. The van der Waals surface area contributed by atoms with E-state index in [1.807, 2.05) is 32.9 Å². The van der Waals surface area contributed by atoms with E-state index in [9.17, 15) is 5.26 Å². The maximum absolute atomic E-state index is 9.89. The Bertz CT molecular complexity index is 1150. The third-order valence-electron chi connectivity index (χ3n) is 6.14. The summed E-state index contributed by atoms with van der Waals surface area (Å²) < 4.78 is 0. The highest BCUT2D eigenvalue weighted by Gasteiger charge is 2.15. The lowest BCUT2D eigenvalue weighted by Crippen LogP contribution is -2.09. The van der Waals surface area contributed by atoms with Gasteiger partial charge in [0, 0.05) is 5.69 Å². The minimum Gasteiger partial charge on any atom is -0.354 e. The first-order valence-electron chi connectivity index (χ1n) is 12.1. The predicted octanol–water partition coefficient (Wildman–Crippen LogP) is 9.08. The van der Waals surface area contributed by atoms with Crippen LogP contribution in [-0.2, 0) is 6.42 Å². The molecule has 0 amide bonds. The van der Waals surface area contributed by atoms with E-state index in [4.69, 9.17) is 0 Å². The SMILES string of the molecule is C=C/C(CCC1=CCC=C(C(=C)C)C=C1)=C(Nc1ccc(C)c(/C=C\C)c1CC)\C(C#N)=C/C. The van der Waals surface area contributed by atoms with Gasteiger partial charge in [0.2, 0.25) is 0 Å². The van der Waals surface area contributed by atoms with Crippen LogP contribution in [-0.4, -0.2) is 0 Å². The number of aryl methyl sites for hydroxylation is 1. The van der Waals surface area contributed by atoms with Crippen molar-refractivity contribution in [3.63, 3.8) is 0 Å². The van der Waals surface area contributed by atoms with E-state index >= 15 is 0 Å². The molecule has 2 heteroatoms. The molecule has 2 nitrogen and oxygen atoms in total. The van der Waals surface area contributed by atoms with Crippen LogP contribution in [0.2, 0.25) is 0 Å². The smallest absolute Gasteiger partial charge is 0.101 e. The summed E-state index contributed by atoms with van der Waals surface area (Å²) in [5, 5.41) is 13.5. The van der Waals surface area contributed by atoms with Crippen LogP contribution in [0.3, 0.4) is 0 Å². The monoisotopic (exact) mass is 450 g/mol. The van der Waals surface area contributed by atoms with Crippen molar-refractivity contribution in [2.75, 3.05) is 5.32 Å². The van der Waals surface area contributed by atoms with Gasteiger partial charge in [0.15, 0.2) is 0 Å². The zero-order valence-corrected chi connectivity index (χ0v) is 21.5. The summed E-state index contributed by atoms with van der Waals surface area (Å²) >= 11 is 0. The lowest BCUT2D eigenvalue weighted by molar-refractivity contribution is 0.952. The molecule has 0 unspecified atom stereocenters. The Morgan fingerprint density at radius 2 is 1.97 bits per heavy atom. The summed E-state index contributed by atoms with van der Waals surface area (Å²) in [4.78, 5) is 0. The van der Waals surface area contributed by atoms with E-state index in [1.165, 1.54) is 27.8 Å². The number of hydrogen-bond acceptors (Lipinski definition) is 2. The van der Waals surface area contributed by atoms with E-state index in [0.717, 1.165) is 48.2 Å². The van der Waals surface area contributed by atoms with Crippen molar-refractivity contribution in [2.45, 2.75) is 60.3 Å². The van der Waals surface area contributed by atoms with Crippen LogP contribution >= 0.6 is 0 Å². The Hall–Kier alpha value is -3.57. The molecule has 0 radical (unpaired) electrons. The van der Waals surface area contributed by atoms with Crippen LogP contribution in [0.4, 0.5) is 5.69 Å². The zero-order valence-electron chi connectivity index (χ0n) is 21.5. The molecule has 0 aliphatic heterocycles. The van der Waals surface area contributed by atoms with Gasteiger partial charge in [0.25, 0.3) is 0 Å². The first-order chi connectivity index (χ1) is 16.4.